The SMILES string of the molecule is Cc1ccc(C)c(OCCOC2CCC(C(=O)O)CC2)c1. The molecule has 1 aliphatic rings. The van der Waals surface area contributed by atoms with Crippen LogP contribution in [0.15, 0.2) is 18.2 Å². The molecule has 1 aromatic rings. The summed E-state index contributed by atoms with van der Waals surface area (Å²) in [5.41, 5.74) is 2.31. The van der Waals surface area contributed by atoms with Gasteiger partial charge in [-0.2, -0.15) is 0 Å². The highest BCUT2D eigenvalue weighted by Crippen LogP contribution is 2.26. The van der Waals surface area contributed by atoms with E-state index in [0.29, 0.717) is 13.2 Å². The second kappa shape index (κ2) is 7.46. The third-order valence-electron chi connectivity index (χ3n) is 4.06. The van der Waals surface area contributed by atoms with E-state index in [4.69, 9.17) is 14.6 Å². The summed E-state index contributed by atoms with van der Waals surface area (Å²) in [6.07, 6.45) is 3.29. The minimum Gasteiger partial charge on any atom is -0.491 e. The number of hydrogen-bond acceptors (Lipinski definition) is 3. The van der Waals surface area contributed by atoms with Gasteiger partial charge in [-0.05, 0) is 56.7 Å². The van der Waals surface area contributed by atoms with Gasteiger partial charge in [-0.1, -0.05) is 12.1 Å². The van der Waals surface area contributed by atoms with Gasteiger partial charge in [-0.15, -0.1) is 0 Å². The van der Waals surface area contributed by atoms with Crippen molar-refractivity contribution in [1.82, 2.24) is 0 Å². The molecule has 0 heterocycles. The van der Waals surface area contributed by atoms with Crippen molar-refractivity contribution in [2.24, 2.45) is 5.92 Å². The fraction of sp³-hybridized carbons (Fsp3) is 0.588. The zero-order valence-electron chi connectivity index (χ0n) is 12.8. The van der Waals surface area contributed by atoms with Crippen molar-refractivity contribution < 1.29 is 19.4 Å². The van der Waals surface area contributed by atoms with Crippen molar-refractivity contribution >= 4 is 5.97 Å². The van der Waals surface area contributed by atoms with Gasteiger partial charge in [0.15, 0.2) is 0 Å². The zero-order valence-corrected chi connectivity index (χ0v) is 12.8. The maximum atomic E-state index is 10.9. The number of carbonyl (C=O) groups is 1. The Balaban J connectivity index is 1.66. The third kappa shape index (κ3) is 4.74. The molecule has 1 aromatic carbocycles. The average molecular weight is 292 g/mol. The lowest BCUT2D eigenvalue weighted by molar-refractivity contribution is -0.143. The molecule has 0 bridgehead atoms. The smallest absolute Gasteiger partial charge is 0.306 e. The lowest BCUT2D eigenvalue weighted by atomic mass is 9.87. The first-order chi connectivity index (χ1) is 10.1. The van der Waals surface area contributed by atoms with Crippen LogP contribution in [0.5, 0.6) is 5.75 Å². The van der Waals surface area contributed by atoms with Crippen LogP contribution in [0.4, 0.5) is 0 Å². The van der Waals surface area contributed by atoms with E-state index < -0.39 is 5.97 Å². The van der Waals surface area contributed by atoms with Gasteiger partial charge in [0.2, 0.25) is 0 Å². The normalized spacial score (nSPS) is 22.0. The predicted molar refractivity (Wildman–Crippen MR) is 80.7 cm³/mol. The van der Waals surface area contributed by atoms with Crippen LogP contribution >= 0.6 is 0 Å². The van der Waals surface area contributed by atoms with Crippen LogP contribution in [-0.2, 0) is 9.53 Å². The number of carboxylic acids is 1. The number of carboxylic acid groups (broad SMARTS) is 1. The maximum Gasteiger partial charge on any atom is 0.306 e. The molecular weight excluding hydrogens is 268 g/mol. The first-order valence-electron chi connectivity index (χ1n) is 7.60. The molecule has 1 saturated carbocycles. The van der Waals surface area contributed by atoms with Crippen molar-refractivity contribution in [3.8, 4) is 5.75 Å². The summed E-state index contributed by atoms with van der Waals surface area (Å²) in [5, 5.41) is 8.95. The first-order valence-corrected chi connectivity index (χ1v) is 7.60. The fourth-order valence-electron chi connectivity index (χ4n) is 2.71. The molecule has 4 nitrogen and oxygen atoms in total. The van der Waals surface area contributed by atoms with E-state index in [9.17, 15) is 4.79 Å². The number of rotatable bonds is 6. The second-order valence-corrected chi connectivity index (χ2v) is 5.80. The molecular formula is C17H24O4. The molecule has 0 spiro atoms. The number of aliphatic carboxylic acids is 1. The molecule has 116 valence electrons. The number of hydrogen-bond donors (Lipinski definition) is 1. The Hall–Kier alpha value is -1.55. The standard InChI is InChI=1S/C17H24O4/c1-12-3-4-13(2)16(11-12)21-10-9-20-15-7-5-14(6-8-15)17(18)19/h3-4,11,14-15H,5-10H2,1-2H3,(H,18,19). The van der Waals surface area contributed by atoms with Crippen LogP contribution in [0.2, 0.25) is 0 Å². The highest BCUT2D eigenvalue weighted by atomic mass is 16.5. The van der Waals surface area contributed by atoms with E-state index in [1.54, 1.807) is 0 Å². The molecule has 1 fully saturated rings. The fourth-order valence-corrected chi connectivity index (χ4v) is 2.71. The molecule has 0 aliphatic heterocycles. The Morgan fingerprint density at radius 1 is 1.19 bits per heavy atom. The predicted octanol–water partition coefficient (Wildman–Crippen LogP) is 3.34. The molecule has 2 rings (SSSR count). The molecule has 1 N–H and O–H groups in total. The van der Waals surface area contributed by atoms with E-state index in [2.05, 4.69) is 12.1 Å². The third-order valence-corrected chi connectivity index (χ3v) is 4.06. The topological polar surface area (TPSA) is 55.8 Å². The van der Waals surface area contributed by atoms with Crippen LogP contribution in [0.25, 0.3) is 0 Å². The average Bonchev–Trinajstić information content (AvgIpc) is 2.47. The summed E-state index contributed by atoms with van der Waals surface area (Å²) >= 11 is 0. The van der Waals surface area contributed by atoms with E-state index in [1.165, 1.54) is 5.56 Å². The summed E-state index contributed by atoms with van der Waals surface area (Å²) in [7, 11) is 0. The van der Waals surface area contributed by atoms with Gasteiger partial charge in [0.05, 0.1) is 18.6 Å². The first kappa shape index (κ1) is 15.8. The van der Waals surface area contributed by atoms with Gasteiger partial charge in [-0.25, -0.2) is 0 Å². The Morgan fingerprint density at radius 2 is 1.90 bits per heavy atom. The van der Waals surface area contributed by atoms with Gasteiger partial charge < -0.3 is 14.6 Å². The van der Waals surface area contributed by atoms with E-state index >= 15 is 0 Å². The largest absolute Gasteiger partial charge is 0.491 e. The second-order valence-electron chi connectivity index (χ2n) is 5.80. The van der Waals surface area contributed by atoms with Gasteiger partial charge in [0, 0.05) is 0 Å². The van der Waals surface area contributed by atoms with E-state index in [-0.39, 0.29) is 12.0 Å². The molecule has 0 saturated heterocycles. The maximum absolute atomic E-state index is 10.9. The van der Waals surface area contributed by atoms with E-state index in [0.717, 1.165) is 37.0 Å². The van der Waals surface area contributed by atoms with Gasteiger partial charge in [0.25, 0.3) is 0 Å². The Labute approximate surface area is 126 Å². The van der Waals surface area contributed by atoms with Crippen molar-refractivity contribution in [1.29, 1.82) is 0 Å². The van der Waals surface area contributed by atoms with Crippen molar-refractivity contribution in [2.45, 2.75) is 45.6 Å². The highest BCUT2D eigenvalue weighted by molar-refractivity contribution is 5.70. The van der Waals surface area contributed by atoms with Crippen molar-refractivity contribution in [2.75, 3.05) is 13.2 Å². The quantitative estimate of drug-likeness (QED) is 0.817. The minimum absolute atomic E-state index is 0.183. The van der Waals surface area contributed by atoms with Crippen LogP contribution in [0, 0.1) is 19.8 Å². The Bertz CT molecular complexity index is 476. The molecule has 0 amide bonds. The molecule has 1 aliphatic carbocycles. The van der Waals surface area contributed by atoms with Crippen molar-refractivity contribution in [3.63, 3.8) is 0 Å². The molecule has 0 radical (unpaired) electrons. The van der Waals surface area contributed by atoms with Gasteiger partial charge in [-0.3, -0.25) is 4.79 Å². The number of ether oxygens (including phenoxy) is 2. The lowest BCUT2D eigenvalue weighted by Gasteiger charge is -2.26. The summed E-state index contributed by atoms with van der Waals surface area (Å²) in [6, 6.07) is 6.16. The minimum atomic E-state index is -0.674. The summed E-state index contributed by atoms with van der Waals surface area (Å²) in [4.78, 5) is 10.9. The van der Waals surface area contributed by atoms with Crippen LogP contribution in [-0.4, -0.2) is 30.4 Å². The Morgan fingerprint density at radius 3 is 2.57 bits per heavy atom. The molecule has 0 atom stereocenters. The summed E-state index contributed by atoms with van der Waals surface area (Å²) in [5.74, 6) is 0.0518. The zero-order chi connectivity index (χ0) is 15.2. The monoisotopic (exact) mass is 292 g/mol. The number of benzene rings is 1. The molecule has 4 heteroatoms. The molecule has 0 aromatic heterocycles. The van der Waals surface area contributed by atoms with Gasteiger partial charge >= 0.3 is 5.97 Å². The van der Waals surface area contributed by atoms with E-state index in [1.807, 2.05) is 19.9 Å². The Kier molecular flexibility index (Phi) is 5.62. The molecule has 0 unspecified atom stereocenters. The van der Waals surface area contributed by atoms with Gasteiger partial charge in [0.1, 0.15) is 12.4 Å². The van der Waals surface area contributed by atoms with Crippen LogP contribution in [0.3, 0.4) is 0 Å². The van der Waals surface area contributed by atoms with Crippen LogP contribution < -0.4 is 4.74 Å². The molecule has 21 heavy (non-hydrogen) atoms. The summed E-state index contributed by atoms with van der Waals surface area (Å²) < 4.78 is 11.5. The van der Waals surface area contributed by atoms with Crippen molar-refractivity contribution in [3.05, 3.63) is 29.3 Å². The van der Waals surface area contributed by atoms with Crippen LogP contribution in [0.1, 0.15) is 36.8 Å². The lowest BCUT2D eigenvalue weighted by Crippen LogP contribution is -2.27. The number of aryl methyl sites for hydroxylation is 2. The summed E-state index contributed by atoms with van der Waals surface area (Å²) in [6.45, 7) is 5.16. The highest BCUT2D eigenvalue weighted by Gasteiger charge is 2.26.